The molecule has 0 atom stereocenters. The summed E-state index contributed by atoms with van der Waals surface area (Å²) in [5.74, 6) is 7.21. The van der Waals surface area contributed by atoms with Gasteiger partial charge in [-0.1, -0.05) is 78.1 Å². The van der Waals surface area contributed by atoms with Crippen molar-refractivity contribution in [2.45, 2.75) is 6.92 Å². The number of alkyl halides is 1. The van der Waals surface area contributed by atoms with Crippen LogP contribution >= 0.6 is 23.2 Å². The molecule has 4 heteroatoms. The first-order chi connectivity index (χ1) is 15.1. The fraction of sp³-hybridized carbons (Fsp3) is 0.0741. The summed E-state index contributed by atoms with van der Waals surface area (Å²) in [6.07, 6.45) is 4.15. The van der Waals surface area contributed by atoms with Crippen molar-refractivity contribution in [1.29, 1.82) is 0 Å². The zero-order chi connectivity index (χ0) is 21.6. The van der Waals surface area contributed by atoms with E-state index in [1.807, 2.05) is 67.6 Å². The molecule has 4 rings (SSSR count). The molecule has 2 nitrogen and oxygen atoms in total. The molecule has 0 saturated heterocycles. The second-order valence-electron chi connectivity index (χ2n) is 7.03. The van der Waals surface area contributed by atoms with E-state index in [0.717, 1.165) is 33.4 Å². The fourth-order valence-corrected chi connectivity index (χ4v) is 3.51. The first kappa shape index (κ1) is 21.0. The zero-order valence-electron chi connectivity index (χ0n) is 16.9. The topological polar surface area (TPSA) is 26.0 Å². The van der Waals surface area contributed by atoms with E-state index in [2.05, 4.69) is 41.1 Å². The Labute approximate surface area is 192 Å². The molecule has 4 aromatic rings. The van der Waals surface area contributed by atoms with Crippen molar-refractivity contribution in [3.05, 3.63) is 100 Å². The number of benzene rings is 3. The van der Waals surface area contributed by atoms with Crippen LogP contribution < -0.4 is 0 Å². The molecule has 0 radical (unpaired) electrons. The molecule has 3 aromatic carbocycles. The van der Waals surface area contributed by atoms with E-state index in [4.69, 9.17) is 27.6 Å². The summed E-state index contributed by atoms with van der Waals surface area (Å²) in [6.45, 7) is 2.00. The lowest BCUT2D eigenvalue weighted by Crippen LogP contribution is -1.83. The van der Waals surface area contributed by atoms with Crippen molar-refractivity contribution in [2.24, 2.45) is 0 Å². The third-order valence-electron chi connectivity index (χ3n) is 4.65. The summed E-state index contributed by atoms with van der Waals surface area (Å²) < 4.78 is 6.03. The SMILES string of the molecule is Cc1cc(C#CCCl)cc(-c2oc(-c3ccc(/C=C/c4ccccc4)cc3)nc2Cl)c1. The molecule has 0 aliphatic carbocycles. The van der Waals surface area contributed by atoms with Crippen molar-refractivity contribution in [3.63, 3.8) is 0 Å². The number of hydrogen-bond donors (Lipinski definition) is 0. The quantitative estimate of drug-likeness (QED) is 0.183. The van der Waals surface area contributed by atoms with E-state index in [9.17, 15) is 0 Å². The number of halogens is 2. The van der Waals surface area contributed by atoms with Gasteiger partial charge in [-0.15, -0.1) is 11.6 Å². The minimum atomic E-state index is 0.285. The van der Waals surface area contributed by atoms with Gasteiger partial charge in [0.05, 0.1) is 5.88 Å². The normalized spacial score (nSPS) is 10.8. The predicted octanol–water partition coefficient (Wildman–Crippen LogP) is 7.73. The molecular weight excluding hydrogens is 425 g/mol. The first-order valence-electron chi connectivity index (χ1n) is 9.79. The highest BCUT2D eigenvalue weighted by Gasteiger charge is 2.15. The van der Waals surface area contributed by atoms with Crippen LogP contribution in [0.25, 0.3) is 34.9 Å². The van der Waals surface area contributed by atoms with Crippen LogP contribution in [0.5, 0.6) is 0 Å². The van der Waals surface area contributed by atoms with Crippen LogP contribution in [0.3, 0.4) is 0 Å². The molecule has 0 saturated carbocycles. The Morgan fingerprint density at radius 2 is 1.61 bits per heavy atom. The summed E-state index contributed by atoms with van der Waals surface area (Å²) in [5.41, 5.74) is 5.86. The summed E-state index contributed by atoms with van der Waals surface area (Å²) in [6, 6.07) is 24.1. The maximum atomic E-state index is 6.41. The summed E-state index contributed by atoms with van der Waals surface area (Å²) >= 11 is 12.1. The second kappa shape index (κ2) is 9.71. The number of oxazole rings is 1. The lowest BCUT2D eigenvalue weighted by Gasteiger charge is -2.02. The van der Waals surface area contributed by atoms with Gasteiger partial charge >= 0.3 is 0 Å². The Bertz CT molecular complexity index is 1280. The van der Waals surface area contributed by atoms with Gasteiger partial charge in [0.1, 0.15) is 0 Å². The number of hydrogen-bond acceptors (Lipinski definition) is 2. The second-order valence-corrected chi connectivity index (χ2v) is 7.65. The van der Waals surface area contributed by atoms with Crippen LogP contribution in [-0.4, -0.2) is 10.9 Å². The van der Waals surface area contributed by atoms with Gasteiger partial charge in [0.25, 0.3) is 0 Å². The van der Waals surface area contributed by atoms with Gasteiger partial charge in [0, 0.05) is 16.7 Å². The van der Waals surface area contributed by atoms with Crippen molar-refractivity contribution in [2.75, 3.05) is 5.88 Å². The van der Waals surface area contributed by atoms with E-state index in [0.29, 0.717) is 16.8 Å². The molecule has 31 heavy (non-hydrogen) atoms. The van der Waals surface area contributed by atoms with Crippen LogP contribution in [0.2, 0.25) is 5.15 Å². The molecule has 0 amide bonds. The van der Waals surface area contributed by atoms with Crippen molar-refractivity contribution in [3.8, 4) is 34.6 Å². The number of aromatic nitrogens is 1. The molecule has 1 aromatic heterocycles. The van der Waals surface area contributed by atoms with Gasteiger partial charge < -0.3 is 4.42 Å². The molecule has 0 bridgehead atoms. The van der Waals surface area contributed by atoms with Gasteiger partial charge in [0.2, 0.25) is 5.89 Å². The number of aryl methyl sites for hydroxylation is 1. The van der Waals surface area contributed by atoms with E-state index in [1.54, 1.807) is 0 Å². The molecule has 0 N–H and O–H groups in total. The average molecular weight is 444 g/mol. The Hall–Kier alpha value is -3.25. The van der Waals surface area contributed by atoms with Gasteiger partial charge in [0.15, 0.2) is 10.9 Å². The van der Waals surface area contributed by atoms with Gasteiger partial charge in [-0.05, 0) is 53.9 Å². The zero-order valence-corrected chi connectivity index (χ0v) is 18.4. The average Bonchev–Trinajstić information content (AvgIpc) is 3.18. The van der Waals surface area contributed by atoms with Crippen molar-refractivity contribution in [1.82, 2.24) is 4.98 Å². The van der Waals surface area contributed by atoms with Crippen LogP contribution in [0.15, 0.2) is 77.2 Å². The van der Waals surface area contributed by atoms with Gasteiger partial charge in [-0.2, -0.15) is 4.98 Å². The third kappa shape index (κ3) is 5.27. The minimum absolute atomic E-state index is 0.285. The van der Waals surface area contributed by atoms with Crippen molar-refractivity contribution >= 4 is 35.4 Å². The molecular formula is C27H19Cl2NO. The molecule has 1 heterocycles. The van der Waals surface area contributed by atoms with E-state index in [-0.39, 0.29) is 5.88 Å². The number of nitrogens with zero attached hydrogens (tertiary/aromatic N) is 1. The summed E-state index contributed by atoms with van der Waals surface area (Å²) in [7, 11) is 0. The van der Waals surface area contributed by atoms with Crippen LogP contribution in [-0.2, 0) is 0 Å². The Kier molecular flexibility index (Phi) is 6.57. The molecule has 0 spiro atoms. The van der Waals surface area contributed by atoms with E-state index >= 15 is 0 Å². The van der Waals surface area contributed by atoms with Crippen molar-refractivity contribution < 1.29 is 4.42 Å². The Morgan fingerprint density at radius 3 is 2.32 bits per heavy atom. The third-order valence-corrected chi connectivity index (χ3v) is 5.04. The summed E-state index contributed by atoms with van der Waals surface area (Å²) in [5, 5.41) is 0.324. The first-order valence-corrected chi connectivity index (χ1v) is 10.7. The molecule has 0 fully saturated rings. The number of rotatable bonds is 4. The molecule has 152 valence electrons. The van der Waals surface area contributed by atoms with E-state index in [1.165, 1.54) is 0 Å². The minimum Gasteiger partial charge on any atom is -0.434 e. The van der Waals surface area contributed by atoms with E-state index < -0.39 is 0 Å². The molecule has 0 unspecified atom stereocenters. The van der Waals surface area contributed by atoms with Gasteiger partial charge in [-0.3, -0.25) is 0 Å². The molecule has 0 aliphatic rings. The maximum absolute atomic E-state index is 6.41. The predicted molar refractivity (Wildman–Crippen MR) is 130 cm³/mol. The highest BCUT2D eigenvalue weighted by Crippen LogP contribution is 2.34. The van der Waals surface area contributed by atoms with Crippen LogP contribution in [0.4, 0.5) is 0 Å². The fourth-order valence-electron chi connectivity index (χ4n) is 3.22. The Balaban J connectivity index is 1.59. The lowest BCUT2D eigenvalue weighted by atomic mass is 10.1. The van der Waals surface area contributed by atoms with Crippen LogP contribution in [0.1, 0.15) is 22.3 Å². The molecule has 0 aliphatic heterocycles. The lowest BCUT2D eigenvalue weighted by molar-refractivity contribution is 0.589. The largest absolute Gasteiger partial charge is 0.434 e. The Morgan fingerprint density at radius 1 is 0.903 bits per heavy atom. The summed E-state index contributed by atoms with van der Waals surface area (Å²) in [4.78, 5) is 4.43. The standard InChI is InChI=1S/C27H19Cl2NO/c1-19-16-22(8-5-15-28)18-24(17-19)25-26(29)30-27(31-25)23-13-11-21(12-14-23)10-9-20-6-3-2-4-7-20/h2-4,6-7,9-14,16-18H,15H2,1H3/b10-9+. The maximum Gasteiger partial charge on any atom is 0.228 e. The highest BCUT2D eigenvalue weighted by molar-refractivity contribution is 6.31. The van der Waals surface area contributed by atoms with Gasteiger partial charge in [-0.25, -0.2) is 0 Å². The monoisotopic (exact) mass is 443 g/mol. The highest BCUT2D eigenvalue weighted by atomic mass is 35.5. The smallest absolute Gasteiger partial charge is 0.228 e. The van der Waals surface area contributed by atoms with Crippen LogP contribution in [0, 0.1) is 18.8 Å².